The van der Waals surface area contributed by atoms with Gasteiger partial charge in [0.25, 0.3) is 5.91 Å². The van der Waals surface area contributed by atoms with Crippen LogP contribution < -0.4 is 5.32 Å². The second-order valence-electron chi connectivity index (χ2n) is 5.06. The van der Waals surface area contributed by atoms with Gasteiger partial charge in [-0.3, -0.25) is 9.00 Å². The molecule has 20 heavy (non-hydrogen) atoms. The van der Waals surface area contributed by atoms with Crippen molar-refractivity contribution in [3.05, 3.63) is 28.8 Å². The number of benzene rings is 1. The molecule has 0 spiro atoms. The van der Waals surface area contributed by atoms with E-state index >= 15 is 0 Å². The van der Waals surface area contributed by atoms with Crippen LogP contribution in [0.15, 0.2) is 23.1 Å². The van der Waals surface area contributed by atoms with Gasteiger partial charge in [0.05, 0.1) is 5.02 Å². The van der Waals surface area contributed by atoms with E-state index in [1.165, 1.54) is 12.1 Å². The summed E-state index contributed by atoms with van der Waals surface area (Å²) in [5.41, 5.74) is 0.343. The van der Waals surface area contributed by atoms with Gasteiger partial charge in [0.15, 0.2) is 0 Å². The van der Waals surface area contributed by atoms with Crippen molar-refractivity contribution in [2.24, 2.45) is 0 Å². The Hall–Kier alpha value is -0.950. The molecule has 1 fully saturated rings. The van der Waals surface area contributed by atoms with E-state index < -0.39 is 11.1 Å². The largest absolute Gasteiger partial charge is 0.768 e. The highest BCUT2D eigenvalue weighted by Gasteiger charge is 2.25. The Balaban J connectivity index is 2.25. The first-order valence-electron chi connectivity index (χ1n) is 6.32. The standard InChI is InChI=1S/C13H17ClN2O3S/c1-8-6-16(7-9(2)15-8)13(17)10-3-4-11(14)12(5-10)20(18)19/h3-5,8-9,15H,6-7H2,1-2H3,(H,18,19)/p-1. The molecule has 1 aromatic carbocycles. The van der Waals surface area contributed by atoms with Crippen LogP contribution >= 0.6 is 11.6 Å². The minimum Gasteiger partial charge on any atom is -0.768 e. The average Bonchev–Trinajstić information content (AvgIpc) is 2.37. The molecule has 1 heterocycles. The predicted octanol–water partition coefficient (Wildman–Crippen LogP) is 1.40. The van der Waals surface area contributed by atoms with E-state index in [4.69, 9.17) is 11.6 Å². The van der Waals surface area contributed by atoms with Gasteiger partial charge in [-0.1, -0.05) is 11.6 Å². The number of nitrogens with zero attached hydrogens (tertiary/aromatic N) is 1. The molecule has 2 rings (SSSR count). The molecule has 1 N–H and O–H groups in total. The van der Waals surface area contributed by atoms with Gasteiger partial charge in [-0.2, -0.15) is 0 Å². The molecular weight excluding hydrogens is 300 g/mol. The molecule has 1 amide bonds. The third-order valence-corrected chi connectivity index (χ3v) is 4.34. The first-order valence-corrected chi connectivity index (χ1v) is 7.78. The molecule has 5 nitrogen and oxygen atoms in total. The minimum atomic E-state index is -2.45. The zero-order valence-corrected chi connectivity index (χ0v) is 12.8. The van der Waals surface area contributed by atoms with Crippen LogP contribution in [0, 0.1) is 0 Å². The number of nitrogens with one attached hydrogen (secondary N) is 1. The molecule has 3 atom stereocenters. The lowest BCUT2D eigenvalue weighted by Gasteiger charge is -2.36. The Morgan fingerprint density at radius 1 is 1.40 bits per heavy atom. The lowest BCUT2D eigenvalue weighted by Crippen LogP contribution is -2.55. The highest BCUT2D eigenvalue weighted by Crippen LogP contribution is 2.21. The van der Waals surface area contributed by atoms with Crippen LogP contribution in [0.2, 0.25) is 5.02 Å². The number of carbonyl (C=O) groups excluding carboxylic acids is 1. The molecule has 1 saturated heterocycles. The van der Waals surface area contributed by atoms with E-state index in [2.05, 4.69) is 5.32 Å². The van der Waals surface area contributed by atoms with Gasteiger partial charge in [-0.25, -0.2) is 0 Å². The molecule has 110 valence electrons. The van der Waals surface area contributed by atoms with Crippen molar-refractivity contribution in [2.45, 2.75) is 30.8 Å². The third kappa shape index (κ3) is 3.38. The predicted molar refractivity (Wildman–Crippen MR) is 76.6 cm³/mol. The number of piperazine rings is 1. The van der Waals surface area contributed by atoms with Gasteiger partial charge in [-0.05, 0) is 43.1 Å². The fourth-order valence-electron chi connectivity index (χ4n) is 2.44. The Morgan fingerprint density at radius 3 is 2.55 bits per heavy atom. The number of halogens is 1. The number of hydrogen-bond donors (Lipinski definition) is 1. The second-order valence-corrected chi connectivity index (χ2v) is 6.38. The van der Waals surface area contributed by atoms with Gasteiger partial charge >= 0.3 is 0 Å². The molecule has 0 radical (unpaired) electrons. The van der Waals surface area contributed by atoms with E-state index in [9.17, 15) is 13.6 Å². The van der Waals surface area contributed by atoms with Crippen molar-refractivity contribution in [2.75, 3.05) is 13.1 Å². The fourth-order valence-corrected chi connectivity index (χ4v) is 3.20. The number of amides is 1. The maximum absolute atomic E-state index is 12.4. The smallest absolute Gasteiger partial charge is 0.254 e. The number of rotatable bonds is 2. The van der Waals surface area contributed by atoms with Crippen molar-refractivity contribution >= 4 is 28.6 Å². The first kappa shape index (κ1) is 15.4. The molecule has 1 aromatic rings. The van der Waals surface area contributed by atoms with Crippen LogP contribution in [0.5, 0.6) is 0 Å². The SMILES string of the molecule is CC1CN(C(=O)c2ccc(Cl)c(S(=O)[O-])c2)CC(C)N1. The quantitative estimate of drug-likeness (QED) is 0.837. The molecule has 1 aliphatic heterocycles. The van der Waals surface area contributed by atoms with Gasteiger partial charge in [0.2, 0.25) is 0 Å². The summed E-state index contributed by atoms with van der Waals surface area (Å²) in [6, 6.07) is 4.74. The van der Waals surface area contributed by atoms with Crippen molar-refractivity contribution in [1.82, 2.24) is 10.2 Å². The van der Waals surface area contributed by atoms with E-state index in [0.717, 1.165) is 0 Å². The van der Waals surface area contributed by atoms with E-state index in [1.807, 2.05) is 13.8 Å². The van der Waals surface area contributed by atoms with Crippen LogP contribution in [0.3, 0.4) is 0 Å². The Labute approximate surface area is 125 Å². The summed E-state index contributed by atoms with van der Waals surface area (Å²) in [4.78, 5) is 14.1. The van der Waals surface area contributed by atoms with Crippen LogP contribution in [-0.2, 0) is 11.1 Å². The molecule has 3 unspecified atom stereocenters. The first-order chi connectivity index (χ1) is 9.38. The van der Waals surface area contributed by atoms with Crippen molar-refractivity contribution in [3.63, 3.8) is 0 Å². The molecular formula is C13H16ClN2O3S-. The van der Waals surface area contributed by atoms with Crippen LogP contribution in [0.1, 0.15) is 24.2 Å². The fraction of sp³-hybridized carbons (Fsp3) is 0.462. The molecule has 0 saturated carbocycles. The summed E-state index contributed by atoms with van der Waals surface area (Å²) >= 11 is 3.35. The van der Waals surface area contributed by atoms with Crippen molar-refractivity contribution in [3.8, 4) is 0 Å². The highest BCUT2D eigenvalue weighted by molar-refractivity contribution is 7.79. The summed E-state index contributed by atoms with van der Waals surface area (Å²) in [5, 5.41) is 3.46. The second kappa shape index (κ2) is 6.22. The van der Waals surface area contributed by atoms with Crippen LogP contribution in [0.4, 0.5) is 0 Å². The molecule has 0 bridgehead atoms. The van der Waals surface area contributed by atoms with Gasteiger partial charge < -0.3 is 14.8 Å². The zero-order chi connectivity index (χ0) is 14.9. The minimum absolute atomic E-state index is 0.0475. The monoisotopic (exact) mass is 315 g/mol. The summed E-state index contributed by atoms with van der Waals surface area (Å²) in [7, 11) is 0. The maximum Gasteiger partial charge on any atom is 0.254 e. The van der Waals surface area contributed by atoms with Crippen molar-refractivity contribution < 1.29 is 13.6 Å². The number of hydrogen-bond acceptors (Lipinski definition) is 4. The normalized spacial score (nSPS) is 24.5. The van der Waals surface area contributed by atoms with Crippen LogP contribution in [0.25, 0.3) is 0 Å². The Kier molecular flexibility index (Phi) is 4.80. The van der Waals surface area contributed by atoms with E-state index in [-0.39, 0.29) is 27.9 Å². The topological polar surface area (TPSA) is 72.5 Å². The summed E-state index contributed by atoms with van der Waals surface area (Å²) < 4.78 is 22.1. The van der Waals surface area contributed by atoms with Crippen LogP contribution in [-0.4, -0.2) is 44.7 Å². The maximum atomic E-state index is 12.4. The third-order valence-electron chi connectivity index (χ3n) is 3.20. The summed E-state index contributed by atoms with van der Waals surface area (Å²) in [6.45, 7) is 5.22. The summed E-state index contributed by atoms with van der Waals surface area (Å²) in [5.74, 6) is -0.173. The molecule has 7 heteroatoms. The summed E-state index contributed by atoms with van der Waals surface area (Å²) in [6.07, 6.45) is 0. The number of carbonyl (C=O) groups is 1. The molecule has 1 aliphatic rings. The Bertz CT molecular complexity index is 542. The van der Waals surface area contributed by atoms with Crippen molar-refractivity contribution in [1.29, 1.82) is 0 Å². The van der Waals surface area contributed by atoms with Gasteiger partial charge in [0, 0.05) is 35.6 Å². The average molecular weight is 316 g/mol. The lowest BCUT2D eigenvalue weighted by molar-refractivity contribution is 0.0673. The van der Waals surface area contributed by atoms with Gasteiger partial charge in [0.1, 0.15) is 0 Å². The van der Waals surface area contributed by atoms with Gasteiger partial charge in [-0.15, -0.1) is 0 Å². The highest BCUT2D eigenvalue weighted by atomic mass is 35.5. The van der Waals surface area contributed by atoms with E-state index in [0.29, 0.717) is 18.7 Å². The molecule has 0 aliphatic carbocycles. The zero-order valence-electron chi connectivity index (χ0n) is 11.3. The lowest BCUT2D eigenvalue weighted by atomic mass is 10.1. The Morgan fingerprint density at radius 2 is 2.00 bits per heavy atom. The van der Waals surface area contributed by atoms with E-state index in [1.54, 1.807) is 11.0 Å². The molecule has 0 aromatic heterocycles.